The van der Waals surface area contributed by atoms with Crippen LogP contribution >= 0.6 is 0 Å². The second-order valence-electron chi connectivity index (χ2n) is 4.02. The second-order valence-corrected chi connectivity index (χ2v) is 4.02. The van der Waals surface area contributed by atoms with Crippen molar-refractivity contribution in [3.8, 4) is 5.75 Å². The molecule has 6 heteroatoms. The van der Waals surface area contributed by atoms with E-state index in [2.05, 4.69) is 0 Å². The highest BCUT2D eigenvalue weighted by molar-refractivity contribution is 5.79. The first-order chi connectivity index (χ1) is 9.60. The number of hydrogen-bond donors (Lipinski definition) is 0. The summed E-state index contributed by atoms with van der Waals surface area (Å²) < 4.78 is 18.3. The minimum absolute atomic E-state index is 0.0409. The number of carbonyl (C=O) groups is 1. The van der Waals surface area contributed by atoms with Gasteiger partial charge >= 0.3 is 0 Å². The van der Waals surface area contributed by atoms with Crippen molar-refractivity contribution in [3.05, 3.63) is 69.5 Å². The molecule has 2 rings (SSSR count). The molecule has 0 bridgehead atoms. The van der Waals surface area contributed by atoms with Gasteiger partial charge < -0.3 is 4.74 Å². The fraction of sp³-hybridized carbons (Fsp3) is 0.0714. The molecule has 5 nitrogen and oxygen atoms in total. The van der Waals surface area contributed by atoms with E-state index >= 15 is 0 Å². The van der Waals surface area contributed by atoms with Crippen LogP contribution in [0.5, 0.6) is 5.75 Å². The van der Waals surface area contributed by atoms with Gasteiger partial charge in [0.05, 0.1) is 10.5 Å². The fourth-order valence-electron chi connectivity index (χ4n) is 1.66. The summed E-state index contributed by atoms with van der Waals surface area (Å²) in [6.45, 7) is 0.0498. The molecular formula is C14H10FNO4. The number of ether oxygens (including phenoxy) is 1. The predicted molar refractivity (Wildman–Crippen MR) is 69.2 cm³/mol. The fourth-order valence-corrected chi connectivity index (χ4v) is 1.66. The Morgan fingerprint density at radius 1 is 1.25 bits per heavy atom. The lowest BCUT2D eigenvalue weighted by Gasteiger charge is -2.08. The minimum atomic E-state index is -0.533. The van der Waals surface area contributed by atoms with Gasteiger partial charge in [0.2, 0.25) is 0 Å². The van der Waals surface area contributed by atoms with E-state index in [-0.39, 0.29) is 23.6 Å². The smallest absolute Gasteiger partial charge is 0.269 e. The molecule has 0 saturated carbocycles. The summed E-state index contributed by atoms with van der Waals surface area (Å²) in [7, 11) is 0. The quantitative estimate of drug-likeness (QED) is 0.477. The monoisotopic (exact) mass is 275 g/mol. The van der Waals surface area contributed by atoms with Crippen LogP contribution in [-0.4, -0.2) is 11.2 Å². The van der Waals surface area contributed by atoms with Gasteiger partial charge in [0.1, 0.15) is 18.2 Å². The number of rotatable bonds is 5. The number of nitro groups is 1. The van der Waals surface area contributed by atoms with Crippen LogP contribution in [0.4, 0.5) is 10.1 Å². The van der Waals surface area contributed by atoms with E-state index in [1.807, 2.05) is 0 Å². The standard InChI is InChI=1S/C14H10FNO4/c15-12-4-5-14(11(7-12)8-17)20-9-10-2-1-3-13(6-10)16(18)19/h1-8H,9H2. The van der Waals surface area contributed by atoms with Crippen molar-refractivity contribution in [2.75, 3.05) is 0 Å². The van der Waals surface area contributed by atoms with Crippen LogP contribution in [0, 0.1) is 15.9 Å². The Hall–Kier alpha value is -2.76. The van der Waals surface area contributed by atoms with E-state index in [1.165, 1.54) is 24.3 Å². The Kier molecular flexibility index (Phi) is 4.05. The third-order valence-electron chi connectivity index (χ3n) is 2.61. The van der Waals surface area contributed by atoms with E-state index in [1.54, 1.807) is 12.1 Å². The molecule has 0 aliphatic rings. The number of carbonyl (C=O) groups excluding carboxylic acids is 1. The number of nitrogens with zero attached hydrogens (tertiary/aromatic N) is 1. The highest BCUT2D eigenvalue weighted by Gasteiger charge is 2.08. The molecule has 0 aromatic heterocycles. The Bertz CT molecular complexity index is 657. The molecule has 0 spiro atoms. The molecule has 0 fully saturated rings. The molecule has 0 atom stereocenters. The number of non-ortho nitro benzene ring substituents is 1. The van der Waals surface area contributed by atoms with E-state index < -0.39 is 10.7 Å². The zero-order valence-electron chi connectivity index (χ0n) is 10.3. The zero-order chi connectivity index (χ0) is 14.5. The number of nitro benzene ring substituents is 1. The molecule has 0 unspecified atom stereocenters. The summed E-state index contributed by atoms with van der Waals surface area (Å²) in [6, 6.07) is 9.55. The number of hydrogen-bond acceptors (Lipinski definition) is 4. The third-order valence-corrected chi connectivity index (χ3v) is 2.61. The van der Waals surface area contributed by atoms with Crippen molar-refractivity contribution in [2.45, 2.75) is 6.61 Å². The van der Waals surface area contributed by atoms with E-state index in [4.69, 9.17) is 4.74 Å². The molecule has 0 N–H and O–H groups in total. The van der Waals surface area contributed by atoms with Gasteiger partial charge in [-0.05, 0) is 23.8 Å². The summed E-state index contributed by atoms with van der Waals surface area (Å²) in [5, 5.41) is 10.6. The summed E-state index contributed by atoms with van der Waals surface area (Å²) in [5.74, 6) is -0.303. The van der Waals surface area contributed by atoms with Crippen LogP contribution in [0.3, 0.4) is 0 Å². The molecule has 102 valence electrons. The summed E-state index contributed by atoms with van der Waals surface area (Å²) in [5.41, 5.74) is 0.636. The lowest BCUT2D eigenvalue weighted by molar-refractivity contribution is -0.384. The predicted octanol–water partition coefficient (Wildman–Crippen LogP) is 3.13. The Balaban J connectivity index is 2.14. The van der Waals surface area contributed by atoms with Gasteiger partial charge in [-0.1, -0.05) is 12.1 Å². The second kappa shape index (κ2) is 5.92. The molecule has 2 aromatic carbocycles. The van der Waals surface area contributed by atoms with Gasteiger partial charge in [-0.15, -0.1) is 0 Å². The molecule has 0 saturated heterocycles. The van der Waals surface area contributed by atoms with Gasteiger partial charge in [0.25, 0.3) is 5.69 Å². The average molecular weight is 275 g/mol. The van der Waals surface area contributed by atoms with Gasteiger partial charge in [-0.2, -0.15) is 0 Å². The van der Waals surface area contributed by atoms with Crippen molar-refractivity contribution >= 4 is 12.0 Å². The topological polar surface area (TPSA) is 69.4 Å². The van der Waals surface area contributed by atoms with Gasteiger partial charge in [0.15, 0.2) is 6.29 Å². The highest BCUT2D eigenvalue weighted by atomic mass is 19.1. The maximum Gasteiger partial charge on any atom is 0.269 e. The first kappa shape index (κ1) is 13.7. The molecule has 2 aromatic rings. The van der Waals surface area contributed by atoms with E-state index in [0.717, 1.165) is 6.07 Å². The summed E-state index contributed by atoms with van der Waals surface area (Å²) in [4.78, 5) is 20.9. The Morgan fingerprint density at radius 2 is 2.05 bits per heavy atom. The normalized spacial score (nSPS) is 10.1. The van der Waals surface area contributed by atoms with Crippen LogP contribution < -0.4 is 4.74 Å². The maximum absolute atomic E-state index is 12.9. The lowest BCUT2D eigenvalue weighted by Crippen LogP contribution is -1.99. The van der Waals surface area contributed by atoms with Gasteiger partial charge in [-0.25, -0.2) is 4.39 Å². The van der Waals surface area contributed by atoms with Crippen LogP contribution in [0.15, 0.2) is 42.5 Å². The Morgan fingerprint density at radius 3 is 2.75 bits per heavy atom. The SMILES string of the molecule is O=Cc1cc(F)ccc1OCc1cccc([N+](=O)[O-])c1. The molecule has 0 amide bonds. The van der Waals surface area contributed by atoms with Gasteiger partial charge in [-0.3, -0.25) is 14.9 Å². The molecule has 0 radical (unpaired) electrons. The third kappa shape index (κ3) is 3.17. The molecule has 20 heavy (non-hydrogen) atoms. The number of benzene rings is 2. The largest absolute Gasteiger partial charge is 0.488 e. The highest BCUT2D eigenvalue weighted by Crippen LogP contribution is 2.20. The van der Waals surface area contributed by atoms with Crippen LogP contribution in [0.2, 0.25) is 0 Å². The summed E-state index contributed by atoms with van der Waals surface area (Å²) >= 11 is 0. The first-order valence-corrected chi connectivity index (χ1v) is 5.71. The van der Waals surface area contributed by atoms with Crippen molar-refractivity contribution in [1.82, 2.24) is 0 Å². The zero-order valence-corrected chi connectivity index (χ0v) is 10.3. The van der Waals surface area contributed by atoms with Crippen molar-refractivity contribution in [3.63, 3.8) is 0 Å². The molecule has 0 aliphatic heterocycles. The molecular weight excluding hydrogens is 265 g/mol. The van der Waals surface area contributed by atoms with Crippen molar-refractivity contribution < 1.29 is 18.8 Å². The maximum atomic E-state index is 12.9. The first-order valence-electron chi connectivity index (χ1n) is 5.71. The minimum Gasteiger partial charge on any atom is -0.488 e. The number of halogens is 1. The van der Waals surface area contributed by atoms with Crippen molar-refractivity contribution in [2.24, 2.45) is 0 Å². The van der Waals surface area contributed by atoms with Gasteiger partial charge in [0, 0.05) is 12.1 Å². The van der Waals surface area contributed by atoms with Crippen LogP contribution in [0.25, 0.3) is 0 Å². The van der Waals surface area contributed by atoms with Crippen LogP contribution in [0.1, 0.15) is 15.9 Å². The summed E-state index contributed by atoms with van der Waals surface area (Å²) in [6.07, 6.45) is 0.492. The molecule has 0 heterocycles. The average Bonchev–Trinajstić information content (AvgIpc) is 2.46. The Labute approximate surface area is 113 Å². The lowest BCUT2D eigenvalue weighted by atomic mass is 10.2. The van der Waals surface area contributed by atoms with E-state index in [0.29, 0.717) is 11.8 Å². The number of aldehydes is 1. The van der Waals surface area contributed by atoms with Crippen LogP contribution in [-0.2, 0) is 6.61 Å². The van der Waals surface area contributed by atoms with E-state index in [9.17, 15) is 19.3 Å². The van der Waals surface area contributed by atoms with Crippen molar-refractivity contribution in [1.29, 1.82) is 0 Å². The molecule has 0 aliphatic carbocycles.